The second-order valence-corrected chi connectivity index (χ2v) is 4.49. The van der Waals surface area contributed by atoms with E-state index in [1.807, 2.05) is 18.2 Å². The van der Waals surface area contributed by atoms with E-state index >= 15 is 0 Å². The van der Waals surface area contributed by atoms with Gasteiger partial charge in [0, 0.05) is 6.20 Å². The van der Waals surface area contributed by atoms with E-state index in [0.29, 0.717) is 5.70 Å². The van der Waals surface area contributed by atoms with Gasteiger partial charge in [0.25, 0.3) is 0 Å². The van der Waals surface area contributed by atoms with Gasteiger partial charge >= 0.3 is 0 Å². The zero-order valence-electron chi connectivity index (χ0n) is 9.24. The van der Waals surface area contributed by atoms with Gasteiger partial charge in [0.2, 0.25) is 0 Å². The van der Waals surface area contributed by atoms with E-state index in [1.54, 1.807) is 12.3 Å². The molecule has 4 atom stereocenters. The first kappa shape index (κ1) is 11.0. The van der Waals surface area contributed by atoms with Crippen molar-refractivity contribution in [3.8, 4) is 0 Å². The van der Waals surface area contributed by atoms with Crippen LogP contribution in [0.15, 0.2) is 36.2 Å². The summed E-state index contributed by atoms with van der Waals surface area (Å²) < 4.78 is 10.9. The molecule has 0 bridgehead atoms. The molecule has 2 saturated heterocycles. The van der Waals surface area contributed by atoms with Crippen LogP contribution in [0.5, 0.6) is 0 Å². The molecule has 3 heterocycles. The molecule has 3 rings (SSSR count). The Balaban J connectivity index is 1.89. The van der Waals surface area contributed by atoms with Gasteiger partial charge < -0.3 is 25.0 Å². The lowest BCUT2D eigenvalue weighted by molar-refractivity contribution is -0.0481. The molecule has 5 heteroatoms. The predicted octanol–water partition coefficient (Wildman–Crippen LogP) is -0.567. The van der Waals surface area contributed by atoms with Crippen molar-refractivity contribution in [3.63, 3.8) is 0 Å². The van der Waals surface area contributed by atoms with E-state index in [4.69, 9.17) is 9.47 Å². The molecule has 3 N–H and O–H groups in total. The highest BCUT2D eigenvalue weighted by atomic mass is 16.6. The van der Waals surface area contributed by atoms with Crippen LogP contribution in [0, 0.1) is 0 Å². The lowest BCUT2D eigenvalue weighted by Crippen LogP contribution is -2.48. The topological polar surface area (TPSA) is 71.0 Å². The summed E-state index contributed by atoms with van der Waals surface area (Å²) in [5.41, 5.74) is -0.592. The maximum Gasteiger partial charge on any atom is 0.156 e. The van der Waals surface area contributed by atoms with Crippen LogP contribution < -0.4 is 5.32 Å². The number of fused-ring (bicyclic) bond motifs is 1. The summed E-state index contributed by atoms with van der Waals surface area (Å²) in [6.45, 7) is 0.330. The Morgan fingerprint density at radius 1 is 1.29 bits per heavy atom. The highest BCUT2D eigenvalue weighted by Gasteiger charge is 2.57. The average Bonchev–Trinajstić information content (AvgIpc) is 2.72. The number of allylic oxidation sites excluding steroid dienone is 4. The van der Waals surface area contributed by atoms with Crippen molar-refractivity contribution < 1.29 is 19.7 Å². The fourth-order valence-electron chi connectivity index (χ4n) is 2.46. The summed E-state index contributed by atoms with van der Waals surface area (Å²) in [4.78, 5) is 0. The number of hydrogen-bond donors (Lipinski definition) is 3. The van der Waals surface area contributed by atoms with E-state index < -0.39 is 23.9 Å². The molecule has 5 nitrogen and oxygen atoms in total. The Morgan fingerprint density at radius 2 is 2.18 bits per heavy atom. The third kappa shape index (κ3) is 1.63. The lowest BCUT2D eigenvalue weighted by atomic mass is 9.92. The van der Waals surface area contributed by atoms with Crippen molar-refractivity contribution in [2.24, 2.45) is 0 Å². The number of aliphatic hydroxyl groups is 2. The third-order valence-corrected chi connectivity index (χ3v) is 3.38. The first-order valence-electron chi connectivity index (χ1n) is 5.66. The highest BCUT2D eigenvalue weighted by molar-refractivity contribution is 5.31. The Bertz CT molecular complexity index is 403. The lowest BCUT2D eigenvalue weighted by Gasteiger charge is -2.29. The predicted molar refractivity (Wildman–Crippen MR) is 59.9 cm³/mol. The zero-order valence-corrected chi connectivity index (χ0v) is 9.24. The molecule has 0 aromatic carbocycles. The maximum absolute atomic E-state index is 10.7. The van der Waals surface area contributed by atoms with Gasteiger partial charge in [-0.1, -0.05) is 12.2 Å². The van der Waals surface area contributed by atoms with Crippen LogP contribution in [-0.4, -0.2) is 47.3 Å². The van der Waals surface area contributed by atoms with Crippen LogP contribution >= 0.6 is 0 Å². The standard InChI is InChI=1S/C12H15NO4/c14-8-6-16-11-10(8)17-7-12(11,15)9-4-2-1-3-5-13-9/h1-5,8,10-11,13-15H,6-7H2/t8-,10-,11+,12+/m1/s1. The smallest absolute Gasteiger partial charge is 0.156 e. The van der Waals surface area contributed by atoms with Gasteiger partial charge in [0.05, 0.1) is 18.9 Å². The first-order valence-corrected chi connectivity index (χ1v) is 5.66. The van der Waals surface area contributed by atoms with Gasteiger partial charge in [-0.05, 0) is 12.2 Å². The van der Waals surface area contributed by atoms with Crippen molar-refractivity contribution in [1.29, 1.82) is 0 Å². The van der Waals surface area contributed by atoms with Gasteiger partial charge in [0.15, 0.2) is 5.60 Å². The Kier molecular flexibility index (Phi) is 2.56. The van der Waals surface area contributed by atoms with Crippen LogP contribution in [0.25, 0.3) is 0 Å². The van der Waals surface area contributed by atoms with Crippen LogP contribution in [-0.2, 0) is 9.47 Å². The van der Waals surface area contributed by atoms with Crippen molar-refractivity contribution in [1.82, 2.24) is 5.32 Å². The minimum Gasteiger partial charge on any atom is -0.388 e. The molecule has 0 radical (unpaired) electrons. The van der Waals surface area contributed by atoms with Gasteiger partial charge in [-0.15, -0.1) is 0 Å². The minimum absolute atomic E-state index is 0.125. The van der Waals surface area contributed by atoms with E-state index in [9.17, 15) is 10.2 Å². The van der Waals surface area contributed by atoms with E-state index in [1.165, 1.54) is 0 Å². The molecule has 2 fully saturated rings. The van der Waals surface area contributed by atoms with Crippen molar-refractivity contribution in [2.75, 3.05) is 13.2 Å². The molecule has 0 spiro atoms. The Morgan fingerprint density at radius 3 is 3.06 bits per heavy atom. The van der Waals surface area contributed by atoms with Crippen LogP contribution in [0.4, 0.5) is 0 Å². The van der Waals surface area contributed by atoms with Gasteiger partial charge in [-0.3, -0.25) is 0 Å². The fourth-order valence-corrected chi connectivity index (χ4v) is 2.46. The highest BCUT2D eigenvalue weighted by Crippen LogP contribution is 2.38. The number of ether oxygens (including phenoxy) is 2. The maximum atomic E-state index is 10.7. The molecule has 3 aliphatic rings. The second kappa shape index (κ2) is 3.96. The van der Waals surface area contributed by atoms with Crippen LogP contribution in [0.3, 0.4) is 0 Å². The molecule has 0 aromatic rings. The summed E-state index contributed by atoms with van der Waals surface area (Å²) >= 11 is 0. The van der Waals surface area contributed by atoms with Crippen molar-refractivity contribution in [2.45, 2.75) is 23.9 Å². The third-order valence-electron chi connectivity index (χ3n) is 3.38. The number of rotatable bonds is 1. The van der Waals surface area contributed by atoms with E-state index in [2.05, 4.69) is 5.32 Å². The summed E-state index contributed by atoms with van der Waals surface area (Å²) in [6, 6.07) is 0. The largest absolute Gasteiger partial charge is 0.388 e. The SMILES string of the molecule is O[C@@H]1CO[C@H]2[C@@H]1OC[C@]2(O)C1=CC=CC=CN1. The number of hydrogen-bond acceptors (Lipinski definition) is 5. The zero-order chi connectivity index (χ0) is 11.9. The molecule has 0 aromatic heterocycles. The first-order chi connectivity index (χ1) is 8.22. The summed E-state index contributed by atoms with van der Waals surface area (Å²) in [5.74, 6) is 0. The molecule has 3 aliphatic heterocycles. The molecule has 92 valence electrons. The molecule has 0 saturated carbocycles. The van der Waals surface area contributed by atoms with Crippen LogP contribution in [0.1, 0.15) is 0 Å². The van der Waals surface area contributed by atoms with E-state index in [-0.39, 0.29) is 13.2 Å². The van der Waals surface area contributed by atoms with E-state index in [0.717, 1.165) is 0 Å². The second-order valence-electron chi connectivity index (χ2n) is 4.49. The summed E-state index contributed by atoms with van der Waals surface area (Å²) in [5, 5.41) is 23.3. The fraction of sp³-hybridized carbons (Fsp3) is 0.500. The molecule has 0 aliphatic carbocycles. The Labute approximate surface area is 99.0 Å². The van der Waals surface area contributed by atoms with Gasteiger partial charge in [-0.25, -0.2) is 0 Å². The number of nitrogens with one attached hydrogen (secondary N) is 1. The van der Waals surface area contributed by atoms with Crippen LogP contribution in [0.2, 0.25) is 0 Å². The summed E-state index contributed by atoms with van der Waals surface area (Å²) in [6.07, 6.45) is 7.45. The minimum atomic E-state index is -1.22. The molecule has 0 amide bonds. The normalized spacial score (nSPS) is 44.1. The number of aliphatic hydroxyl groups excluding tert-OH is 1. The average molecular weight is 237 g/mol. The molecule has 17 heavy (non-hydrogen) atoms. The van der Waals surface area contributed by atoms with Gasteiger partial charge in [0.1, 0.15) is 18.3 Å². The summed E-state index contributed by atoms with van der Waals surface area (Å²) in [7, 11) is 0. The van der Waals surface area contributed by atoms with Crippen molar-refractivity contribution in [3.05, 3.63) is 36.2 Å². The Hall–Kier alpha value is -1.14. The van der Waals surface area contributed by atoms with Crippen molar-refractivity contribution >= 4 is 0 Å². The monoisotopic (exact) mass is 237 g/mol. The molecular weight excluding hydrogens is 222 g/mol. The molecular formula is C12H15NO4. The van der Waals surface area contributed by atoms with Gasteiger partial charge in [-0.2, -0.15) is 0 Å². The molecule has 0 unspecified atom stereocenters. The quantitative estimate of drug-likeness (QED) is 0.570.